The molecule has 0 aromatic heterocycles. The van der Waals surface area contributed by atoms with Crippen molar-refractivity contribution in [2.24, 2.45) is 5.73 Å². The van der Waals surface area contributed by atoms with E-state index in [1.165, 1.54) is 12.1 Å². The number of hydrogen-bond donors (Lipinski definition) is 2. The van der Waals surface area contributed by atoms with Gasteiger partial charge in [0, 0.05) is 22.8 Å². The highest BCUT2D eigenvalue weighted by molar-refractivity contribution is 6.31. The van der Waals surface area contributed by atoms with Crippen LogP contribution in [0.4, 0.5) is 10.1 Å². The molecule has 3 N–H and O–H groups in total. The van der Waals surface area contributed by atoms with Crippen molar-refractivity contribution >= 4 is 17.3 Å². The van der Waals surface area contributed by atoms with Crippen LogP contribution >= 0.6 is 11.6 Å². The molecular weight excluding hydrogens is 279 g/mol. The molecule has 3 nitrogen and oxygen atoms in total. The Morgan fingerprint density at radius 3 is 2.70 bits per heavy atom. The van der Waals surface area contributed by atoms with E-state index in [4.69, 9.17) is 22.1 Å². The Morgan fingerprint density at radius 2 is 2.05 bits per heavy atom. The largest absolute Gasteiger partial charge is 0.496 e. The van der Waals surface area contributed by atoms with Crippen LogP contribution < -0.4 is 15.8 Å². The van der Waals surface area contributed by atoms with E-state index >= 15 is 0 Å². The van der Waals surface area contributed by atoms with Crippen molar-refractivity contribution in [2.75, 3.05) is 19.0 Å². The first kappa shape index (κ1) is 14.6. The minimum atomic E-state index is -0.308. The van der Waals surface area contributed by atoms with Gasteiger partial charge in [-0.25, -0.2) is 4.39 Å². The van der Waals surface area contributed by atoms with Crippen LogP contribution in [0, 0.1) is 5.82 Å². The minimum absolute atomic E-state index is 0.263. The van der Waals surface area contributed by atoms with E-state index in [-0.39, 0.29) is 11.9 Å². The summed E-state index contributed by atoms with van der Waals surface area (Å²) in [6.07, 6.45) is 0. The zero-order valence-corrected chi connectivity index (χ0v) is 11.8. The van der Waals surface area contributed by atoms with Crippen molar-refractivity contribution in [1.82, 2.24) is 0 Å². The molecule has 0 spiro atoms. The molecule has 0 aliphatic carbocycles. The van der Waals surface area contributed by atoms with Crippen LogP contribution in [-0.4, -0.2) is 13.7 Å². The van der Waals surface area contributed by atoms with Gasteiger partial charge in [-0.3, -0.25) is 0 Å². The number of methoxy groups -OCH3 is 1. The first-order chi connectivity index (χ1) is 9.65. The smallest absolute Gasteiger partial charge is 0.125 e. The Kier molecular flexibility index (Phi) is 4.82. The molecule has 0 saturated carbocycles. The third-order valence-corrected chi connectivity index (χ3v) is 3.31. The molecule has 0 fully saturated rings. The molecule has 0 aliphatic heterocycles. The molecule has 0 radical (unpaired) electrons. The van der Waals surface area contributed by atoms with Crippen LogP contribution in [0.2, 0.25) is 5.02 Å². The Bertz CT molecular complexity index is 592. The van der Waals surface area contributed by atoms with E-state index in [0.717, 1.165) is 5.56 Å². The Hall–Kier alpha value is -1.78. The van der Waals surface area contributed by atoms with Crippen LogP contribution in [0.15, 0.2) is 42.5 Å². The topological polar surface area (TPSA) is 47.3 Å². The van der Waals surface area contributed by atoms with Crippen molar-refractivity contribution in [3.63, 3.8) is 0 Å². The molecule has 2 aromatic carbocycles. The highest BCUT2D eigenvalue weighted by Gasteiger charge is 2.18. The molecular formula is C15H16ClFN2O. The predicted molar refractivity (Wildman–Crippen MR) is 79.8 cm³/mol. The van der Waals surface area contributed by atoms with E-state index in [0.29, 0.717) is 23.0 Å². The number of halogens is 2. The van der Waals surface area contributed by atoms with Gasteiger partial charge in [0.15, 0.2) is 0 Å². The van der Waals surface area contributed by atoms with Crippen LogP contribution in [0.5, 0.6) is 5.75 Å². The Balaban J connectivity index is 2.33. The lowest BCUT2D eigenvalue weighted by Crippen LogP contribution is -2.21. The van der Waals surface area contributed by atoms with E-state index in [2.05, 4.69) is 5.32 Å². The van der Waals surface area contributed by atoms with Gasteiger partial charge in [0.1, 0.15) is 11.6 Å². The maximum atomic E-state index is 13.2. The lowest BCUT2D eigenvalue weighted by atomic mass is 10.0. The number of ether oxygens (including phenoxy) is 1. The van der Waals surface area contributed by atoms with Gasteiger partial charge in [0.2, 0.25) is 0 Å². The fourth-order valence-electron chi connectivity index (χ4n) is 2.06. The van der Waals surface area contributed by atoms with Gasteiger partial charge >= 0.3 is 0 Å². The summed E-state index contributed by atoms with van der Waals surface area (Å²) in [5.74, 6) is 0.341. The molecule has 0 heterocycles. The van der Waals surface area contributed by atoms with Crippen LogP contribution in [0.3, 0.4) is 0 Å². The second-order valence-corrected chi connectivity index (χ2v) is 4.71. The molecule has 0 saturated heterocycles. The lowest BCUT2D eigenvalue weighted by molar-refractivity contribution is 0.407. The van der Waals surface area contributed by atoms with Crippen LogP contribution in [0.1, 0.15) is 11.6 Å². The average molecular weight is 295 g/mol. The monoisotopic (exact) mass is 294 g/mol. The van der Waals surface area contributed by atoms with Crippen molar-refractivity contribution in [3.8, 4) is 5.75 Å². The van der Waals surface area contributed by atoms with Gasteiger partial charge in [-0.15, -0.1) is 0 Å². The number of rotatable bonds is 5. The molecule has 2 rings (SSSR count). The number of nitrogens with two attached hydrogens (primary N) is 1. The minimum Gasteiger partial charge on any atom is -0.496 e. The van der Waals surface area contributed by atoms with Crippen molar-refractivity contribution in [2.45, 2.75) is 6.04 Å². The van der Waals surface area contributed by atoms with E-state index < -0.39 is 0 Å². The van der Waals surface area contributed by atoms with E-state index in [1.54, 1.807) is 31.4 Å². The van der Waals surface area contributed by atoms with Crippen molar-refractivity contribution in [1.29, 1.82) is 0 Å². The third kappa shape index (κ3) is 3.21. The van der Waals surface area contributed by atoms with Crippen molar-refractivity contribution in [3.05, 3.63) is 58.9 Å². The van der Waals surface area contributed by atoms with Crippen molar-refractivity contribution < 1.29 is 9.13 Å². The highest BCUT2D eigenvalue weighted by Crippen LogP contribution is 2.33. The second-order valence-electron chi connectivity index (χ2n) is 4.30. The molecule has 20 heavy (non-hydrogen) atoms. The lowest BCUT2D eigenvalue weighted by Gasteiger charge is -2.22. The van der Waals surface area contributed by atoms with Gasteiger partial charge in [-0.1, -0.05) is 23.7 Å². The number of hydrogen-bond acceptors (Lipinski definition) is 3. The van der Waals surface area contributed by atoms with Gasteiger partial charge < -0.3 is 15.8 Å². The molecule has 1 atom stereocenters. The summed E-state index contributed by atoms with van der Waals surface area (Å²) >= 11 is 6.23. The summed E-state index contributed by atoms with van der Waals surface area (Å²) in [6.45, 7) is 0.302. The molecule has 5 heteroatoms. The van der Waals surface area contributed by atoms with E-state index in [9.17, 15) is 4.39 Å². The average Bonchev–Trinajstić information content (AvgIpc) is 2.45. The molecule has 0 aliphatic rings. The fraction of sp³-hybridized carbons (Fsp3) is 0.200. The van der Waals surface area contributed by atoms with E-state index in [1.807, 2.05) is 6.07 Å². The first-order valence-corrected chi connectivity index (χ1v) is 6.58. The van der Waals surface area contributed by atoms with Gasteiger partial charge in [0.05, 0.1) is 13.2 Å². The summed E-state index contributed by atoms with van der Waals surface area (Å²) in [5.41, 5.74) is 7.22. The molecule has 2 aromatic rings. The quantitative estimate of drug-likeness (QED) is 0.886. The first-order valence-electron chi connectivity index (χ1n) is 6.20. The zero-order valence-electron chi connectivity index (χ0n) is 11.1. The summed E-state index contributed by atoms with van der Waals surface area (Å²) < 4.78 is 18.5. The Labute approximate surface area is 122 Å². The molecule has 1 unspecified atom stereocenters. The summed E-state index contributed by atoms with van der Waals surface area (Å²) in [5, 5.41) is 3.73. The molecule has 0 bridgehead atoms. The SMILES string of the molecule is COc1cccc(Cl)c1C(CN)Nc1cccc(F)c1. The van der Waals surface area contributed by atoms with Crippen LogP contribution in [-0.2, 0) is 0 Å². The standard InChI is InChI=1S/C15H16ClFN2O/c1-20-14-7-3-6-12(16)15(14)13(9-18)19-11-5-2-4-10(17)8-11/h2-8,13,19H,9,18H2,1H3. The zero-order chi connectivity index (χ0) is 14.5. The van der Waals surface area contributed by atoms with Crippen LogP contribution in [0.25, 0.3) is 0 Å². The maximum absolute atomic E-state index is 13.2. The number of anilines is 1. The van der Waals surface area contributed by atoms with Gasteiger partial charge in [-0.05, 0) is 30.3 Å². The number of benzene rings is 2. The number of nitrogens with one attached hydrogen (secondary N) is 1. The molecule has 106 valence electrons. The third-order valence-electron chi connectivity index (χ3n) is 2.98. The highest BCUT2D eigenvalue weighted by atomic mass is 35.5. The summed E-state index contributed by atoms with van der Waals surface area (Å²) in [4.78, 5) is 0. The predicted octanol–water partition coefficient (Wildman–Crippen LogP) is 3.60. The van der Waals surface area contributed by atoms with Gasteiger partial charge in [-0.2, -0.15) is 0 Å². The van der Waals surface area contributed by atoms with Gasteiger partial charge in [0.25, 0.3) is 0 Å². The maximum Gasteiger partial charge on any atom is 0.125 e. The fourth-order valence-corrected chi connectivity index (χ4v) is 2.36. The second kappa shape index (κ2) is 6.59. The summed E-state index contributed by atoms with van der Waals surface area (Å²) in [7, 11) is 1.57. The molecule has 0 amide bonds. The normalized spacial score (nSPS) is 12.0. The Morgan fingerprint density at radius 1 is 1.30 bits per heavy atom. The summed E-state index contributed by atoms with van der Waals surface area (Å²) in [6, 6.07) is 11.3.